The van der Waals surface area contributed by atoms with Crippen LogP contribution in [0.3, 0.4) is 0 Å². The number of fused-ring (bicyclic) bond motifs is 1. The first kappa shape index (κ1) is 13.4. The van der Waals surface area contributed by atoms with E-state index in [0.717, 1.165) is 16.5 Å². The molecule has 1 N–H and O–H groups in total. The predicted molar refractivity (Wildman–Crippen MR) is 77.2 cm³/mol. The van der Waals surface area contributed by atoms with E-state index in [2.05, 4.69) is 31.8 Å². The van der Waals surface area contributed by atoms with Gasteiger partial charge in [0.05, 0.1) is 11.6 Å². The lowest BCUT2D eigenvalue weighted by molar-refractivity contribution is 0.594. The molecule has 1 aromatic carbocycles. The van der Waals surface area contributed by atoms with Crippen LogP contribution in [0, 0.1) is 11.3 Å². The molecule has 0 aliphatic heterocycles. The van der Waals surface area contributed by atoms with Gasteiger partial charge in [-0.15, -0.1) is 0 Å². The Balaban J connectivity index is 2.65. The molecule has 0 atom stereocenters. The molecule has 0 bridgehead atoms. The molecule has 0 unspecified atom stereocenters. The number of benzene rings is 1. The zero-order valence-electron chi connectivity index (χ0n) is 11.6. The van der Waals surface area contributed by atoms with Gasteiger partial charge in [-0.1, -0.05) is 39.0 Å². The van der Waals surface area contributed by atoms with Crippen molar-refractivity contribution in [2.75, 3.05) is 0 Å². The molecule has 3 nitrogen and oxygen atoms in total. The van der Waals surface area contributed by atoms with Gasteiger partial charge in [-0.2, -0.15) is 5.26 Å². The monoisotopic (exact) mass is 254 g/mol. The van der Waals surface area contributed by atoms with Crippen molar-refractivity contribution in [3.63, 3.8) is 0 Å². The van der Waals surface area contributed by atoms with E-state index < -0.39 is 0 Å². The summed E-state index contributed by atoms with van der Waals surface area (Å²) in [5.74, 6) is 0. The highest BCUT2D eigenvalue weighted by molar-refractivity contribution is 5.83. The third-order valence-electron chi connectivity index (χ3n) is 3.27. The van der Waals surface area contributed by atoms with Crippen molar-refractivity contribution >= 4 is 10.9 Å². The molecule has 1 aromatic heterocycles. The molecule has 19 heavy (non-hydrogen) atoms. The standard InChI is InChI=1S/C16H18N2O/c1-16(2,3)13-8-4-6-11-10-12(7-5-9-17)15(19)18-14(11)13/h4,6,8,10H,5,7H2,1-3H3,(H,18,19). The molecule has 2 aromatic rings. The first-order chi connectivity index (χ1) is 8.93. The fourth-order valence-corrected chi connectivity index (χ4v) is 2.28. The van der Waals surface area contributed by atoms with Crippen LogP contribution in [0.25, 0.3) is 10.9 Å². The molecular formula is C16H18N2O. The number of pyridine rings is 1. The van der Waals surface area contributed by atoms with E-state index in [0.29, 0.717) is 18.4 Å². The Morgan fingerprint density at radius 1 is 1.32 bits per heavy atom. The summed E-state index contributed by atoms with van der Waals surface area (Å²) in [7, 11) is 0. The minimum Gasteiger partial charge on any atom is -0.321 e. The maximum Gasteiger partial charge on any atom is 0.251 e. The maximum atomic E-state index is 12.1. The summed E-state index contributed by atoms with van der Waals surface area (Å²) in [6.07, 6.45) is 0.870. The highest BCUT2D eigenvalue weighted by atomic mass is 16.1. The SMILES string of the molecule is CC(C)(C)c1cccc2cc(CCC#N)c(=O)[nH]c12. The number of para-hydroxylation sites is 1. The summed E-state index contributed by atoms with van der Waals surface area (Å²) in [4.78, 5) is 15.0. The quantitative estimate of drug-likeness (QED) is 0.894. The lowest BCUT2D eigenvalue weighted by Gasteiger charge is -2.21. The average Bonchev–Trinajstić information content (AvgIpc) is 2.34. The van der Waals surface area contributed by atoms with Crippen LogP contribution in [-0.4, -0.2) is 4.98 Å². The first-order valence-electron chi connectivity index (χ1n) is 6.46. The summed E-state index contributed by atoms with van der Waals surface area (Å²) in [6.45, 7) is 6.39. The number of nitrogens with zero attached hydrogens (tertiary/aromatic N) is 1. The minimum absolute atomic E-state index is 0.0172. The maximum absolute atomic E-state index is 12.1. The Kier molecular flexibility index (Phi) is 3.44. The fraction of sp³-hybridized carbons (Fsp3) is 0.375. The van der Waals surface area contributed by atoms with E-state index in [9.17, 15) is 4.79 Å². The molecule has 0 fully saturated rings. The lowest BCUT2D eigenvalue weighted by atomic mass is 9.85. The van der Waals surface area contributed by atoms with Gasteiger partial charge in [-0.3, -0.25) is 4.79 Å². The highest BCUT2D eigenvalue weighted by Crippen LogP contribution is 2.28. The lowest BCUT2D eigenvalue weighted by Crippen LogP contribution is -2.17. The van der Waals surface area contributed by atoms with Crippen molar-refractivity contribution in [2.24, 2.45) is 0 Å². The Morgan fingerprint density at radius 2 is 2.05 bits per heavy atom. The van der Waals surface area contributed by atoms with Crippen LogP contribution in [0.1, 0.15) is 38.3 Å². The number of hydrogen-bond acceptors (Lipinski definition) is 2. The number of aromatic nitrogens is 1. The van der Waals surface area contributed by atoms with Crippen LogP contribution in [-0.2, 0) is 11.8 Å². The molecule has 1 heterocycles. The first-order valence-corrected chi connectivity index (χ1v) is 6.46. The van der Waals surface area contributed by atoms with E-state index in [4.69, 9.17) is 5.26 Å². The van der Waals surface area contributed by atoms with Crippen LogP contribution in [0.2, 0.25) is 0 Å². The Morgan fingerprint density at radius 3 is 2.68 bits per heavy atom. The third kappa shape index (κ3) is 2.68. The smallest absolute Gasteiger partial charge is 0.251 e. The molecule has 3 heteroatoms. The van der Waals surface area contributed by atoms with Gasteiger partial charge in [0.25, 0.3) is 5.56 Å². The van der Waals surface area contributed by atoms with Gasteiger partial charge < -0.3 is 4.98 Å². The van der Waals surface area contributed by atoms with Crippen LogP contribution in [0.5, 0.6) is 0 Å². The van der Waals surface area contributed by atoms with Crippen molar-refractivity contribution in [3.8, 4) is 6.07 Å². The molecule has 0 aliphatic carbocycles. The summed E-state index contributed by atoms with van der Waals surface area (Å²) < 4.78 is 0. The van der Waals surface area contributed by atoms with Crippen LogP contribution in [0.15, 0.2) is 29.1 Å². The average molecular weight is 254 g/mol. The van der Waals surface area contributed by atoms with Crippen molar-refractivity contribution < 1.29 is 0 Å². The second kappa shape index (κ2) is 4.89. The van der Waals surface area contributed by atoms with E-state index in [-0.39, 0.29) is 11.0 Å². The minimum atomic E-state index is -0.0838. The largest absolute Gasteiger partial charge is 0.321 e. The van der Waals surface area contributed by atoms with E-state index >= 15 is 0 Å². The van der Waals surface area contributed by atoms with Crippen LogP contribution < -0.4 is 5.56 Å². The molecule has 0 saturated heterocycles. The highest BCUT2D eigenvalue weighted by Gasteiger charge is 2.17. The zero-order valence-corrected chi connectivity index (χ0v) is 11.6. The van der Waals surface area contributed by atoms with Crippen molar-refractivity contribution in [3.05, 3.63) is 45.7 Å². The van der Waals surface area contributed by atoms with Gasteiger partial charge in [0, 0.05) is 12.0 Å². The zero-order chi connectivity index (χ0) is 14.0. The fourth-order valence-electron chi connectivity index (χ4n) is 2.28. The molecule has 98 valence electrons. The van der Waals surface area contributed by atoms with Gasteiger partial charge in [-0.05, 0) is 28.9 Å². The van der Waals surface area contributed by atoms with Gasteiger partial charge in [0.1, 0.15) is 0 Å². The summed E-state index contributed by atoms with van der Waals surface area (Å²) in [5, 5.41) is 9.65. The van der Waals surface area contributed by atoms with Gasteiger partial charge >= 0.3 is 0 Å². The third-order valence-corrected chi connectivity index (χ3v) is 3.27. The summed E-state index contributed by atoms with van der Waals surface area (Å²) >= 11 is 0. The van der Waals surface area contributed by atoms with Crippen molar-refractivity contribution in [1.29, 1.82) is 5.26 Å². The summed E-state index contributed by atoms with van der Waals surface area (Å²) in [5.41, 5.74) is 2.62. The van der Waals surface area contributed by atoms with E-state index in [1.165, 1.54) is 0 Å². The van der Waals surface area contributed by atoms with E-state index in [1.807, 2.05) is 24.3 Å². The van der Waals surface area contributed by atoms with Gasteiger partial charge in [0.15, 0.2) is 0 Å². The van der Waals surface area contributed by atoms with Crippen molar-refractivity contribution in [1.82, 2.24) is 4.98 Å². The Bertz CT molecular complexity index is 699. The molecule has 0 amide bonds. The Labute approximate surface area is 112 Å². The Hall–Kier alpha value is -2.08. The van der Waals surface area contributed by atoms with Crippen molar-refractivity contribution in [2.45, 2.75) is 39.0 Å². The number of nitriles is 1. The van der Waals surface area contributed by atoms with Gasteiger partial charge in [0.2, 0.25) is 0 Å². The number of aryl methyl sites for hydroxylation is 1. The van der Waals surface area contributed by atoms with E-state index in [1.54, 1.807) is 0 Å². The number of nitrogens with one attached hydrogen (secondary N) is 1. The number of aromatic amines is 1. The molecule has 0 aliphatic rings. The molecule has 0 spiro atoms. The molecule has 0 radical (unpaired) electrons. The molecule has 2 rings (SSSR count). The summed E-state index contributed by atoms with van der Waals surface area (Å²) in [6, 6.07) is 10.0. The second-order valence-corrected chi connectivity index (χ2v) is 5.80. The van der Waals surface area contributed by atoms with Crippen LogP contribution >= 0.6 is 0 Å². The molecule has 0 saturated carbocycles. The normalized spacial score (nSPS) is 11.5. The number of rotatable bonds is 2. The number of H-pyrrole nitrogens is 1. The number of hydrogen-bond donors (Lipinski definition) is 1. The van der Waals surface area contributed by atoms with Gasteiger partial charge in [-0.25, -0.2) is 0 Å². The second-order valence-electron chi connectivity index (χ2n) is 5.80. The topological polar surface area (TPSA) is 56.6 Å². The molecular weight excluding hydrogens is 236 g/mol. The van der Waals surface area contributed by atoms with Crippen LogP contribution in [0.4, 0.5) is 0 Å². The predicted octanol–water partition coefficient (Wildman–Crippen LogP) is 3.28.